The Morgan fingerprint density at radius 3 is 3.21 bits per heavy atom. The minimum atomic E-state index is 0.581. The van der Waals surface area contributed by atoms with Crippen molar-refractivity contribution in [2.45, 2.75) is 31.6 Å². The lowest BCUT2D eigenvalue weighted by atomic mass is 9.84. The van der Waals surface area contributed by atoms with Gasteiger partial charge in [-0.05, 0) is 37.6 Å². The third-order valence-electron chi connectivity index (χ3n) is 3.89. The molecule has 1 aromatic heterocycles. The molecular weight excluding hydrogens is 176 g/mol. The summed E-state index contributed by atoms with van der Waals surface area (Å²) in [5.74, 6) is 1.71. The molecule has 76 valence electrons. The van der Waals surface area contributed by atoms with Gasteiger partial charge in [0, 0.05) is 18.5 Å². The summed E-state index contributed by atoms with van der Waals surface area (Å²) in [6, 6.07) is 2.02. The molecule has 3 rings (SSSR count). The quantitative estimate of drug-likeness (QED) is 0.738. The van der Waals surface area contributed by atoms with Crippen LogP contribution in [0.4, 0.5) is 0 Å². The molecule has 1 N–H and O–H groups in total. The number of hydrogen-bond donors (Lipinski definition) is 1. The summed E-state index contributed by atoms with van der Waals surface area (Å²) in [6.07, 6.45) is 7.02. The van der Waals surface area contributed by atoms with Crippen molar-refractivity contribution in [3.05, 3.63) is 18.0 Å². The van der Waals surface area contributed by atoms with E-state index in [0.29, 0.717) is 11.3 Å². The van der Waals surface area contributed by atoms with Gasteiger partial charge in [-0.15, -0.1) is 0 Å². The predicted octanol–water partition coefficient (Wildman–Crippen LogP) is 1.92. The molecule has 0 bridgehead atoms. The van der Waals surface area contributed by atoms with Crippen LogP contribution in [0, 0.1) is 5.41 Å². The molecule has 1 spiro atoms. The van der Waals surface area contributed by atoms with Crippen LogP contribution in [0.1, 0.15) is 37.4 Å². The molecule has 2 fully saturated rings. The number of nitrogens with zero attached hydrogens (tertiary/aromatic N) is 1. The fourth-order valence-electron chi connectivity index (χ4n) is 3.07. The number of hydrogen-bond acceptors (Lipinski definition) is 3. The summed E-state index contributed by atoms with van der Waals surface area (Å²) in [7, 11) is 0. The lowest BCUT2D eigenvalue weighted by Crippen LogP contribution is -2.20. The van der Waals surface area contributed by atoms with E-state index in [9.17, 15) is 0 Å². The van der Waals surface area contributed by atoms with E-state index in [4.69, 9.17) is 4.52 Å². The molecule has 0 aromatic carbocycles. The van der Waals surface area contributed by atoms with E-state index in [0.717, 1.165) is 5.76 Å². The van der Waals surface area contributed by atoms with Gasteiger partial charge >= 0.3 is 0 Å². The molecule has 0 radical (unpaired) electrons. The van der Waals surface area contributed by atoms with Crippen molar-refractivity contribution in [2.75, 3.05) is 13.1 Å². The van der Waals surface area contributed by atoms with Crippen LogP contribution in [0.3, 0.4) is 0 Å². The number of nitrogens with one attached hydrogen (secondary N) is 1. The van der Waals surface area contributed by atoms with Gasteiger partial charge in [0.2, 0.25) is 0 Å². The maximum absolute atomic E-state index is 5.25. The highest BCUT2D eigenvalue weighted by Gasteiger charge is 2.42. The average molecular weight is 192 g/mol. The lowest BCUT2D eigenvalue weighted by molar-refractivity contribution is 0.313. The highest BCUT2D eigenvalue weighted by Crippen LogP contribution is 2.49. The van der Waals surface area contributed by atoms with Crippen LogP contribution >= 0.6 is 0 Å². The summed E-state index contributed by atoms with van der Waals surface area (Å²) < 4.78 is 5.25. The second-order valence-corrected chi connectivity index (χ2v) is 4.78. The molecule has 1 aliphatic heterocycles. The largest absolute Gasteiger partial charge is 0.361 e. The summed E-state index contributed by atoms with van der Waals surface area (Å²) in [5, 5.41) is 7.27. The minimum absolute atomic E-state index is 0.581. The van der Waals surface area contributed by atoms with Crippen molar-refractivity contribution >= 4 is 0 Å². The maximum Gasteiger partial charge on any atom is 0.139 e. The summed E-state index contributed by atoms with van der Waals surface area (Å²) in [6.45, 7) is 2.40. The Morgan fingerprint density at radius 1 is 1.50 bits per heavy atom. The van der Waals surface area contributed by atoms with Crippen molar-refractivity contribution in [1.82, 2.24) is 10.5 Å². The zero-order valence-corrected chi connectivity index (χ0v) is 8.33. The first-order chi connectivity index (χ1) is 6.88. The van der Waals surface area contributed by atoms with E-state index in [1.54, 1.807) is 6.20 Å². The van der Waals surface area contributed by atoms with Gasteiger partial charge < -0.3 is 9.84 Å². The second kappa shape index (κ2) is 3.09. The van der Waals surface area contributed by atoms with Gasteiger partial charge in [0.05, 0.1) is 6.20 Å². The Balaban J connectivity index is 1.75. The third-order valence-corrected chi connectivity index (χ3v) is 3.89. The molecule has 0 amide bonds. The average Bonchev–Trinajstić information content (AvgIpc) is 2.91. The standard InChI is InChI=1S/C11H16N2O/c1-3-11(4-6-12-8-11)7-9(1)10-2-5-13-14-10/h2,5,9,12H,1,3-4,6-8H2. The predicted molar refractivity (Wildman–Crippen MR) is 53.0 cm³/mol. The smallest absolute Gasteiger partial charge is 0.139 e. The van der Waals surface area contributed by atoms with Gasteiger partial charge in [-0.2, -0.15) is 0 Å². The Hall–Kier alpha value is -0.830. The highest BCUT2D eigenvalue weighted by molar-refractivity contribution is 5.09. The molecule has 14 heavy (non-hydrogen) atoms. The minimum Gasteiger partial charge on any atom is -0.361 e. The molecule has 2 unspecified atom stereocenters. The van der Waals surface area contributed by atoms with Gasteiger partial charge in [0.15, 0.2) is 0 Å². The molecule has 3 heteroatoms. The summed E-state index contributed by atoms with van der Waals surface area (Å²) in [5.41, 5.74) is 0.581. The Morgan fingerprint density at radius 2 is 2.50 bits per heavy atom. The van der Waals surface area contributed by atoms with E-state index >= 15 is 0 Å². The highest BCUT2D eigenvalue weighted by atomic mass is 16.5. The first-order valence-electron chi connectivity index (χ1n) is 5.49. The van der Waals surface area contributed by atoms with E-state index < -0.39 is 0 Å². The van der Waals surface area contributed by atoms with Gasteiger partial charge in [-0.25, -0.2) is 0 Å². The van der Waals surface area contributed by atoms with Gasteiger partial charge in [-0.3, -0.25) is 0 Å². The van der Waals surface area contributed by atoms with Gasteiger partial charge in [0.1, 0.15) is 5.76 Å². The van der Waals surface area contributed by atoms with Crippen molar-refractivity contribution in [1.29, 1.82) is 0 Å². The maximum atomic E-state index is 5.25. The first-order valence-corrected chi connectivity index (χ1v) is 5.49. The van der Waals surface area contributed by atoms with Gasteiger partial charge in [0.25, 0.3) is 0 Å². The SMILES string of the molecule is c1cc(C2CCC3(CCNC3)C2)on1. The van der Waals surface area contributed by atoms with Crippen LogP contribution in [-0.2, 0) is 0 Å². The molecule has 2 aliphatic rings. The Kier molecular flexibility index (Phi) is 1.87. The van der Waals surface area contributed by atoms with Crippen LogP contribution in [0.2, 0.25) is 0 Å². The normalized spacial score (nSPS) is 37.0. The summed E-state index contributed by atoms with van der Waals surface area (Å²) >= 11 is 0. The van der Waals surface area contributed by atoms with Crippen molar-refractivity contribution in [3.63, 3.8) is 0 Å². The second-order valence-electron chi connectivity index (χ2n) is 4.78. The molecule has 1 aromatic rings. The third kappa shape index (κ3) is 1.27. The van der Waals surface area contributed by atoms with Crippen LogP contribution in [0.5, 0.6) is 0 Å². The topological polar surface area (TPSA) is 38.1 Å². The molecule has 1 aliphatic carbocycles. The number of rotatable bonds is 1. The molecule has 2 heterocycles. The van der Waals surface area contributed by atoms with E-state index in [1.807, 2.05) is 6.07 Å². The fraction of sp³-hybridized carbons (Fsp3) is 0.727. The zero-order chi connectivity index (χ0) is 9.43. The van der Waals surface area contributed by atoms with Crippen LogP contribution in [0.15, 0.2) is 16.8 Å². The van der Waals surface area contributed by atoms with Crippen LogP contribution in [0.25, 0.3) is 0 Å². The molecule has 3 nitrogen and oxygen atoms in total. The van der Waals surface area contributed by atoms with E-state index in [2.05, 4.69) is 10.5 Å². The molecule has 2 atom stereocenters. The lowest BCUT2D eigenvalue weighted by Gasteiger charge is -2.20. The van der Waals surface area contributed by atoms with Crippen molar-refractivity contribution in [3.8, 4) is 0 Å². The zero-order valence-electron chi connectivity index (χ0n) is 8.33. The van der Waals surface area contributed by atoms with Crippen molar-refractivity contribution in [2.24, 2.45) is 5.41 Å². The number of aromatic nitrogens is 1. The fourth-order valence-corrected chi connectivity index (χ4v) is 3.07. The Bertz CT molecular complexity index is 301. The van der Waals surface area contributed by atoms with Gasteiger partial charge in [-0.1, -0.05) is 5.16 Å². The van der Waals surface area contributed by atoms with Crippen LogP contribution < -0.4 is 5.32 Å². The molecular formula is C11H16N2O. The monoisotopic (exact) mass is 192 g/mol. The van der Waals surface area contributed by atoms with Crippen LogP contribution in [-0.4, -0.2) is 18.2 Å². The Labute approximate surface area is 83.9 Å². The van der Waals surface area contributed by atoms with Crippen molar-refractivity contribution < 1.29 is 4.52 Å². The molecule has 1 saturated heterocycles. The van der Waals surface area contributed by atoms with E-state index in [1.165, 1.54) is 38.8 Å². The molecule has 1 saturated carbocycles. The first kappa shape index (κ1) is 8.48. The summed E-state index contributed by atoms with van der Waals surface area (Å²) in [4.78, 5) is 0. The van der Waals surface area contributed by atoms with E-state index in [-0.39, 0.29) is 0 Å².